The van der Waals surface area contributed by atoms with Gasteiger partial charge in [0.2, 0.25) is 0 Å². The molecule has 16 heavy (non-hydrogen) atoms. The van der Waals surface area contributed by atoms with Gasteiger partial charge in [-0.1, -0.05) is 23.7 Å². The lowest BCUT2D eigenvalue weighted by Crippen LogP contribution is -2.42. The van der Waals surface area contributed by atoms with Crippen molar-refractivity contribution in [2.75, 3.05) is 18.9 Å². The molecular formula is C13H19ClN2. The summed E-state index contributed by atoms with van der Waals surface area (Å²) < 4.78 is 0. The third-order valence-corrected chi connectivity index (χ3v) is 3.77. The molecule has 1 saturated heterocycles. The van der Waals surface area contributed by atoms with E-state index in [1.165, 1.54) is 12.8 Å². The number of rotatable bonds is 2. The van der Waals surface area contributed by atoms with Crippen LogP contribution in [-0.2, 0) is 0 Å². The van der Waals surface area contributed by atoms with Crippen LogP contribution in [0, 0.1) is 0 Å². The molecule has 3 heteroatoms. The minimum Gasteiger partial charge on any atom is -0.381 e. The van der Waals surface area contributed by atoms with Gasteiger partial charge < -0.3 is 10.2 Å². The predicted molar refractivity (Wildman–Crippen MR) is 70.2 cm³/mol. The van der Waals surface area contributed by atoms with Gasteiger partial charge >= 0.3 is 0 Å². The van der Waals surface area contributed by atoms with Crippen molar-refractivity contribution < 1.29 is 0 Å². The van der Waals surface area contributed by atoms with Gasteiger partial charge in [0.05, 0.1) is 10.7 Å². The summed E-state index contributed by atoms with van der Waals surface area (Å²) in [4.78, 5) is 2.41. The molecule has 0 aromatic heterocycles. The van der Waals surface area contributed by atoms with Crippen LogP contribution >= 0.6 is 11.6 Å². The van der Waals surface area contributed by atoms with E-state index in [2.05, 4.69) is 24.2 Å². The second-order valence-electron chi connectivity index (χ2n) is 4.68. The quantitative estimate of drug-likeness (QED) is 0.851. The van der Waals surface area contributed by atoms with E-state index in [0.717, 1.165) is 17.3 Å². The van der Waals surface area contributed by atoms with Crippen molar-refractivity contribution in [3.05, 3.63) is 29.3 Å². The largest absolute Gasteiger partial charge is 0.381 e. The summed E-state index contributed by atoms with van der Waals surface area (Å²) >= 11 is 6.14. The topological polar surface area (TPSA) is 15.3 Å². The Bertz CT molecular complexity index is 354. The Kier molecular flexibility index (Phi) is 3.72. The van der Waals surface area contributed by atoms with Crippen molar-refractivity contribution in [1.82, 2.24) is 4.90 Å². The highest BCUT2D eigenvalue weighted by Gasteiger charge is 2.22. The number of halogens is 1. The van der Waals surface area contributed by atoms with Gasteiger partial charge in [-0.25, -0.2) is 0 Å². The van der Waals surface area contributed by atoms with Gasteiger partial charge in [0.15, 0.2) is 0 Å². The van der Waals surface area contributed by atoms with E-state index in [9.17, 15) is 0 Å². The predicted octanol–water partition coefficient (Wildman–Crippen LogP) is 3.23. The van der Waals surface area contributed by atoms with E-state index in [4.69, 9.17) is 11.6 Å². The zero-order valence-corrected chi connectivity index (χ0v) is 10.7. The van der Waals surface area contributed by atoms with Crippen LogP contribution in [0.5, 0.6) is 0 Å². The number of piperidine rings is 1. The number of nitrogens with zero attached hydrogens (tertiary/aromatic N) is 1. The molecule has 2 rings (SSSR count). The summed E-state index contributed by atoms with van der Waals surface area (Å²) in [6.45, 7) is 3.43. The van der Waals surface area contributed by atoms with E-state index in [-0.39, 0.29) is 0 Å². The Hall–Kier alpha value is -0.730. The molecule has 0 bridgehead atoms. The number of nitrogens with one attached hydrogen (secondary N) is 1. The molecule has 0 spiro atoms. The average Bonchev–Trinajstić information content (AvgIpc) is 2.27. The van der Waals surface area contributed by atoms with Gasteiger partial charge in [0.25, 0.3) is 0 Å². The summed E-state index contributed by atoms with van der Waals surface area (Å²) in [5.41, 5.74) is 1.06. The maximum absolute atomic E-state index is 6.14. The lowest BCUT2D eigenvalue weighted by molar-refractivity contribution is 0.190. The normalized spacial score (nSPS) is 26.7. The molecule has 2 unspecified atom stereocenters. The lowest BCUT2D eigenvalue weighted by Gasteiger charge is -2.35. The molecule has 0 aliphatic carbocycles. The number of anilines is 1. The van der Waals surface area contributed by atoms with Crippen LogP contribution in [-0.4, -0.2) is 30.6 Å². The highest BCUT2D eigenvalue weighted by Crippen LogP contribution is 2.25. The van der Waals surface area contributed by atoms with E-state index in [1.807, 2.05) is 24.3 Å². The van der Waals surface area contributed by atoms with Gasteiger partial charge in [-0.15, -0.1) is 0 Å². The fourth-order valence-electron chi connectivity index (χ4n) is 2.22. The zero-order chi connectivity index (χ0) is 11.5. The maximum Gasteiger partial charge on any atom is 0.0637 e. The van der Waals surface area contributed by atoms with E-state index < -0.39 is 0 Å². The van der Waals surface area contributed by atoms with Gasteiger partial charge in [0.1, 0.15) is 0 Å². The average molecular weight is 239 g/mol. The molecule has 0 saturated carbocycles. The Morgan fingerprint density at radius 3 is 2.81 bits per heavy atom. The summed E-state index contributed by atoms with van der Waals surface area (Å²) in [5.74, 6) is 0. The van der Waals surface area contributed by atoms with Crippen molar-refractivity contribution >= 4 is 17.3 Å². The highest BCUT2D eigenvalue weighted by atomic mass is 35.5. The van der Waals surface area contributed by atoms with Gasteiger partial charge in [-0.2, -0.15) is 0 Å². The third-order valence-electron chi connectivity index (χ3n) is 3.44. The molecule has 0 amide bonds. The highest BCUT2D eigenvalue weighted by molar-refractivity contribution is 6.33. The molecule has 1 aliphatic rings. The molecule has 1 N–H and O–H groups in total. The van der Waals surface area contributed by atoms with Crippen LogP contribution in [0.15, 0.2) is 24.3 Å². The summed E-state index contributed by atoms with van der Waals surface area (Å²) in [5, 5.41) is 4.36. The second-order valence-corrected chi connectivity index (χ2v) is 5.08. The van der Waals surface area contributed by atoms with Gasteiger partial charge in [0, 0.05) is 18.6 Å². The summed E-state index contributed by atoms with van der Waals surface area (Å²) in [6, 6.07) is 9.16. The SMILES string of the molecule is CC1CC(Nc2ccccc2Cl)CCN1C. The minimum atomic E-state index is 0.547. The Labute approximate surface area is 103 Å². The Morgan fingerprint density at radius 1 is 1.38 bits per heavy atom. The number of hydrogen-bond donors (Lipinski definition) is 1. The smallest absolute Gasteiger partial charge is 0.0637 e. The first-order valence-electron chi connectivity index (χ1n) is 5.88. The first kappa shape index (κ1) is 11.7. The Balaban J connectivity index is 1.98. The molecule has 1 heterocycles. The fraction of sp³-hybridized carbons (Fsp3) is 0.538. The molecule has 1 aromatic carbocycles. The first-order valence-corrected chi connectivity index (χ1v) is 6.26. The monoisotopic (exact) mass is 238 g/mol. The fourth-order valence-corrected chi connectivity index (χ4v) is 2.41. The molecule has 2 nitrogen and oxygen atoms in total. The number of benzene rings is 1. The van der Waals surface area contributed by atoms with Crippen LogP contribution in [0.1, 0.15) is 19.8 Å². The molecule has 1 aliphatic heterocycles. The van der Waals surface area contributed by atoms with Crippen LogP contribution in [0.2, 0.25) is 5.02 Å². The molecule has 1 fully saturated rings. The molecule has 1 aromatic rings. The van der Waals surface area contributed by atoms with Crippen LogP contribution in [0.3, 0.4) is 0 Å². The zero-order valence-electron chi connectivity index (χ0n) is 9.91. The third kappa shape index (κ3) is 2.69. The summed E-state index contributed by atoms with van der Waals surface area (Å²) in [7, 11) is 2.19. The maximum atomic E-state index is 6.14. The van der Waals surface area contributed by atoms with Crippen molar-refractivity contribution in [2.45, 2.75) is 31.8 Å². The number of hydrogen-bond acceptors (Lipinski definition) is 2. The van der Waals surface area contributed by atoms with Crippen molar-refractivity contribution in [2.24, 2.45) is 0 Å². The van der Waals surface area contributed by atoms with Gasteiger partial charge in [-0.3, -0.25) is 0 Å². The molecule has 0 radical (unpaired) electrons. The number of likely N-dealkylation sites (tertiary alicyclic amines) is 1. The second kappa shape index (κ2) is 5.07. The van der Waals surface area contributed by atoms with Crippen molar-refractivity contribution in [3.63, 3.8) is 0 Å². The summed E-state index contributed by atoms with van der Waals surface area (Å²) in [6.07, 6.45) is 2.37. The molecule has 88 valence electrons. The Morgan fingerprint density at radius 2 is 2.12 bits per heavy atom. The van der Waals surface area contributed by atoms with Crippen LogP contribution < -0.4 is 5.32 Å². The van der Waals surface area contributed by atoms with Gasteiger partial charge in [-0.05, 0) is 38.9 Å². The molecule has 2 atom stereocenters. The van der Waals surface area contributed by atoms with E-state index in [0.29, 0.717) is 12.1 Å². The van der Waals surface area contributed by atoms with Crippen molar-refractivity contribution in [3.8, 4) is 0 Å². The van der Waals surface area contributed by atoms with Crippen molar-refractivity contribution in [1.29, 1.82) is 0 Å². The van der Waals surface area contributed by atoms with Crippen LogP contribution in [0.4, 0.5) is 5.69 Å². The van der Waals surface area contributed by atoms with Crippen LogP contribution in [0.25, 0.3) is 0 Å². The standard InChI is InChI=1S/C13H19ClN2/c1-10-9-11(7-8-16(10)2)15-13-6-4-3-5-12(13)14/h3-6,10-11,15H,7-9H2,1-2H3. The van der Waals surface area contributed by atoms with E-state index >= 15 is 0 Å². The number of para-hydroxylation sites is 1. The van der Waals surface area contributed by atoms with E-state index in [1.54, 1.807) is 0 Å². The minimum absolute atomic E-state index is 0.547. The molecular weight excluding hydrogens is 220 g/mol. The lowest BCUT2D eigenvalue weighted by atomic mass is 9.99. The first-order chi connectivity index (χ1) is 7.66.